The van der Waals surface area contributed by atoms with E-state index in [1.807, 2.05) is 13.0 Å². The third-order valence-electron chi connectivity index (χ3n) is 3.06. The molecule has 0 aliphatic carbocycles. The van der Waals surface area contributed by atoms with Gasteiger partial charge in [0.15, 0.2) is 0 Å². The van der Waals surface area contributed by atoms with Gasteiger partial charge in [-0.2, -0.15) is 0 Å². The van der Waals surface area contributed by atoms with Gasteiger partial charge in [-0.3, -0.25) is 4.79 Å². The fraction of sp³-hybridized carbons (Fsp3) is 0.533. The smallest absolute Gasteiger partial charge is 0.305 e. The van der Waals surface area contributed by atoms with Crippen LogP contribution in [0.15, 0.2) is 18.2 Å². The molecule has 19 heavy (non-hydrogen) atoms. The summed E-state index contributed by atoms with van der Waals surface area (Å²) in [4.78, 5) is 13.2. The Bertz CT molecular complexity index is 418. The molecule has 0 saturated heterocycles. The van der Waals surface area contributed by atoms with Crippen molar-refractivity contribution >= 4 is 5.97 Å². The van der Waals surface area contributed by atoms with Crippen LogP contribution < -0.4 is 4.74 Å². The van der Waals surface area contributed by atoms with E-state index >= 15 is 0 Å². The number of esters is 1. The molecule has 0 N–H and O–H groups in total. The molecule has 106 valence electrons. The number of carbonyl (C=O) groups excluding carboxylic acids is 1. The number of aryl methyl sites for hydroxylation is 1. The second-order valence-corrected chi connectivity index (χ2v) is 4.72. The van der Waals surface area contributed by atoms with Gasteiger partial charge in [0.2, 0.25) is 0 Å². The van der Waals surface area contributed by atoms with Crippen molar-refractivity contribution in [1.29, 1.82) is 0 Å². The predicted molar refractivity (Wildman–Crippen MR) is 75.3 cm³/mol. The molecule has 0 spiro atoms. The van der Waals surface area contributed by atoms with E-state index in [2.05, 4.69) is 28.8 Å². The number of nitrogens with zero attached hydrogens (tertiary/aromatic N) is 1. The molecule has 0 aliphatic rings. The van der Waals surface area contributed by atoms with E-state index in [9.17, 15) is 4.79 Å². The number of hydrogen-bond donors (Lipinski definition) is 0. The van der Waals surface area contributed by atoms with Gasteiger partial charge in [-0.15, -0.1) is 0 Å². The largest absolute Gasteiger partial charge is 0.496 e. The Hall–Kier alpha value is -1.55. The highest BCUT2D eigenvalue weighted by Crippen LogP contribution is 2.19. The lowest BCUT2D eigenvalue weighted by Gasteiger charge is -2.17. The zero-order valence-electron chi connectivity index (χ0n) is 12.2. The highest BCUT2D eigenvalue weighted by Gasteiger charge is 2.05. The fourth-order valence-electron chi connectivity index (χ4n) is 2.02. The lowest BCUT2D eigenvalue weighted by molar-refractivity contribution is -0.140. The molecular formula is C15H23NO3. The first-order valence-corrected chi connectivity index (χ1v) is 6.45. The van der Waals surface area contributed by atoms with Crippen LogP contribution in [0.2, 0.25) is 0 Å². The standard InChI is InChI=1S/C15H23NO3/c1-12-10-13(7-8-14(12)18-3)11-16(2)9-5-6-15(17)19-4/h7-8,10H,5-6,9,11H2,1-4H3. The highest BCUT2D eigenvalue weighted by molar-refractivity contribution is 5.69. The molecule has 0 bridgehead atoms. The second-order valence-electron chi connectivity index (χ2n) is 4.72. The van der Waals surface area contributed by atoms with Crippen LogP contribution in [0.4, 0.5) is 0 Å². The third-order valence-corrected chi connectivity index (χ3v) is 3.06. The molecule has 4 heteroatoms. The van der Waals surface area contributed by atoms with Crippen LogP contribution in [0.25, 0.3) is 0 Å². The molecule has 0 atom stereocenters. The minimum absolute atomic E-state index is 0.145. The maximum absolute atomic E-state index is 11.0. The maximum atomic E-state index is 11.0. The summed E-state index contributed by atoms with van der Waals surface area (Å²) in [5, 5.41) is 0. The first-order valence-electron chi connectivity index (χ1n) is 6.45. The summed E-state index contributed by atoms with van der Waals surface area (Å²) in [6.45, 7) is 3.78. The van der Waals surface area contributed by atoms with E-state index in [4.69, 9.17) is 4.74 Å². The number of methoxy groups -OCH3 is 2. The number of hydrogen-bond acceptors (Lipinski definition) is 4. The van der Waals surface area contributed by atoms with Gasteiger partial charge in [0.25, 0.3) is 0 Å². The Kier molecular flexibility index (Phi) is 6.36. The Balaban J connectivity index is 2.41. The third kappa shape index (κ3) is 5.30. The van der Waals surface area contributed by atoms with Crippen LogP contribution in [-0.2, 0) is 16.1 Å². The molecule has 1 aromatic carbocycles. The topological polar surface area (TPSA) is 38.8 Å². The number of rotatable bonds is 7. The van der Waals surface area contributed by atoms with E-state index in [0.29, 0.717) is 6.42 Å². The average molecular weight is 265 g/mol. The van der Waals surface area contributed by atoms with Crippen LogP contribution in [0, 0.1) is 6.92 Å². The highest BCUT2D eigenvalue weighted by atomic mass is 16.5. The van der Waals surface area contributed by atoms with Crippen molar-refractivity contribution < 1.29 is 14.3 Å². The minimum atomic E-state index is -0.145. The molecule has 0 radical (unpaired) electrons. The molecule has 4 nitrogen and oxygen atoms in total. The van der Waals surface area contributed by atoms with Crippen molar-refractivity contribution in [3.8, 4) is 5.75 Å². The predicted octanol–water partition coefficient (Wildman–Crippen LogP) is 2.39. The monoisotopic (exact) mass is 265 g/mol. The zero-order valence-corrected chi connectivity index (χ0v) is 12.2. The summed E-state index contributed by atoms with van der Waals surface area (Å²) in [6, 6.07) is 6.20. The Labute approximate surface area is 115 Å². The van der Waals surface area contributed by atoms with Crippen molar-refractivity contribution in [1.82, 2.24) is 4.90 Å². The molecule has 0 fully saturated rings. The van der Waals surface area contributed by atoms with Gasteiger partial charge in [0, 0.05) is 13.0 Å². The summed E-state index contributed by atoms with van der Waals surface area (Å²) in [6.07, 6.45) is 1.29. The molecule has 1 aromatic rings. The molecule has 0 aliphatic heterocycles. The number of carbonyl (C=O) groups is 1. The molecule has 0 saturated carbocycles. The quantitative estimate of drug-likeness (QED) is 0.710. The van der Waals surface area contributed by atoms with Gasteiger partial charge < -0.3 is 14.4 Å². The number of ether oxygens (including phenoxy) is 2. The summed E-state index contributed by atoms with van der Waals surface area (Å²) in [5.41, 5.74) is 2.39. The minimum Gasteiger partial charge on any atom is -0.496 e. The normalized spacial score (nSPS) is 10.6. The lowest BCUT2D eigenvalue weighted by atomic mass is 10.1. The van der Waals surface area contributed by atoms with Crippen LogP contribution in [0.3, 0.4) is 0 Å². The Morgan fingerprint density at radius 3 is 2.63 bits per heavy atom. The first kappa shape index (κ1) is 15.5. The summed E-state index contributed by atoms with van der Waals surface area (Å²) in [5.74, 6) is 0.769. The van der Waals surface area contributed by atoms with Crippen molar-refractivity contribution in [2.45, 2.75) is 26.3 Å². The molecule has 1 rings (SSSR count). The zero-order chi connectivity index (χ0) is 14.3. The van der Waals surface area contributed by atoms with E-state index in [1.54, 1.807) is 7.11 Å². The summed E-state index contributed by atoms with van der Waals surface area (Å²) < 4.78 is 9.86. The van der Waals surface area contributed by atoms with Gasteiger partial charge in [0.1, 0.15) is 5.75 Å². The van der Waals surface area contributed by atoms with Crippen molar-refractivity contribution in [2.75, 3.05) is 27.8 Å². The van der Waals surface area contributed by atoms with Crippen LogP contribution >= 0.6 is 0 Å². The number of benzene rings is 1. The SMILES string of the molecule is COC(=O)CCCN(C)Cc1ccc(OC)c(C)c1. The van der Waals surface area contributed by atoms with Crippen molar-refractivity contribution in [3.05, 3.63) is 29.3 Å². The van der Waals surface area contributed by atoms with Gasteiger partial charge in [-0.05, 0) is 44.1 Å². The maximum Gasteiger partial charge on any atom is 0.305 e. The van der Waals surface area contributed by atoms with E-state index in [0.717, 1.165) is 30.8 Å². The van der Waals surface area contributed by atoms with Crippen LogP contribution in [0.1, 0.15) is 24.0 Å². The van der Waals surface area contributed by atoms with Gasteiger partial charge in [-0.25, -0.2) is 0 Å². The Morgan fingerprint density at radius 1 is 1.32 bits per heavy atom. The molecule has 0 unspecified atom stereocenters. The van der Waals surface area contributed by atoms with Crippen molar-refractivity contribution in [3.63, 3.8) is 0 Å². The molecule has 0 heterocycles. The fourth-order valence-corrected chi connectivity index (χ4v) is 2.02. The summed E-state index contributed by atoms with van der Waals surface area (Å²) in [7, 11) is 5.16. The molecular weight excluding hydrogens is 242 g/mol. The first-order chi connectivity index (χ1) is 9.06. The van der Waals surface area contributed by atoms with Crippen LogP contribution in [-0.4, -0.2) is 38.7 Å². The van der Waals surface area contributed by atoms with Gasteiger partial charge >= 0.3 is 5.97 Å². The van der Waals surface area contributed by atoms with E-state index < -0.39 is 0 Å². The van der Waals surface area contributed by atoms with Gasteiger partial charge in [-0.1, -0.05) is 12.1 Å². The molecule has 0 aromatic heterocycles. The summed E-state index contributed by atoms with van der Waals surface area (Å²) >= 11 is 0. The van der Waals surface area contributed by atoms with Crippen molar-refractivity contribution in [2.24, 2.45) is 0 Å². The second kappa shape index (κ2) is 7.79. The average Bonchev–Trinajstić information content (AvgIpc) is 2.38. The molecule has 0 amide bonds. The van der Waals surface area contributed by atoms with E-state index in [-0.39, 0.29) is 5.97 Å². The Morgan fingerprint density at radius 2 is 2.05 bits per heavy atom. The van der Waals surface area contributed by atoms with Crippen LogP contribution in [0.5, 0.6) is 5.75 Å². The van der Waals surface area contributed by atoms with E-state index in [1.165, 1.54) is 12.7 Å². The van der Waals surface area contributed by atoms with Gasteiger partial charge in [0.05, 0.1) is 14.2 Å². The lowest BCUT2D eigenvalue weighted by Crippen LogP contribution is -2.20.